The molecule has 1 fully saturated rings. The molecule has 1 heterocycles. The van der Waals surface area contributed by atoms with E-state index in [4.69, 9.17) is 18.9 Å². The SMILES string of the molecule is CC(=O)OC[C@H]1[C@H](COC(C)=O)OC[C@H]1OC(C)=O. The van der Waals surface area contributed by atoms with Crippen molar-refractivity contribution in [2.45, 2.75) is 33.0 Å². The molecular weight excluding hydrogens is 256 g/mol. The number of hydrogen-bond donors (Lipinski definition) is 0. The van der Waals surface area contributed by atoms with Crippen molar-refractivity contribution in [3.63, 3.8) is 0 Å². The van der Waals surface area contributed by atoms with E-state index in [2.05, 4.69) is 0 Å². The van der Waals surface area contributed by atoms with Gasteiger partial charge in [0.25, 0.3) is 0 Å². The summed E-state index contributed by atoms with van der Waals surface area (Å²) >= 11 is 0. The van der Waals surface area contributed by atoms with Gasteiger partial charge in [-0.3, -0.25) is 14.4 Å². The summed E-state index contributed by atoms with van der Waals surface area (Å²) in [6, 6.07) is 0. The number of carbonyl (C=O) groups excluding carboxylic acids is 3. The fourth-order valence-corrected chi connectivity index (χ4v) is 1.84. The zero-order valence-corrected chi connectivity index (χ0v) is 11.2. The summed E-state index contributed by atoms with van der Waals surface area (Å²) in [5.41, 5.74) is 0. The van der Waals surface area contributed by atoms with Crippen molar-refractivity contribution in [3.8, 4) is 0 Å². The smallest absolute Gasteiger partial charge is 0.302 e. The first-order valence-corrected chi connectivity index (χ1v) is 5.95. The van der Waals surface area contributed by atoms with Crippen molar-refractivity contribution in [2.75, 3.05) is 19.8 Å². The zero-order chi connectivity index (χ0) is 14.4. The van der Waals surface area contributed by atoms with E-state index in [0.29, 0.717) is 0 Å². The van der Waals surface area contributed by atoms with Crippen LogP contribution in [0, 0.1) is 5.92 Å². The molecule has 0 aromatic heterocycles. The second-order valence-corrected chi connectivity index (χ2v) is 4.29. The third-order valence-corrected chi connectivity index (χ3v) is 2.68. The van der Waals surface area contributed by atoms with Crippen molar-refractivity contribution in [1.29, 1.82) is 0 Å². The first-order valence-electron chi connectivity index (χ1n) is 5.95. The van der Waals surface area contributed by atoms with Crippen LogP contribution in [0.2, 0.25) is 0 Å². The molecule has 3 atom stereocenters. The molecule has 7 heteroatoms. The van der Waals surface area contributed by atoms with Crippen LogP contribution in [0.5, 0.6) is 0 Å². The monoisotopic (exact) mass is 274 g/mol. The van der Waals surface area contributed by atoms with Crippen LogP contribution in [-0.4, -0.2) is 49.9 Å². The fourth-order valence-electron chi connectivity index (χ4n) is 1.84. The summed E-state index contributed by atoms with van der Waals surface area (Å²) in [6.45, 7) is 4.16. The standard InChI is InChI=1S/C12H18O7/c1-7(13)16-4-10-11(5-17-8(2)14)18-6-12(10)19-9(3)15/h10-12H,4-6H2,1-3H3/t10-,11-,12+/m0/s1. The van der Waals surface area contributed by atoms with E-state index in [0.717, 1.165) is 0 Å². The maximum absolute atomic E-state index is 11.0. The summed E-state index contributed by atoms with van der Waals surface area (Å²) in [7, 11) is 0. The maximum atomic E-state index is 11.0. The average Bonchev–Trinajstić information content (AvgIpc) is 2.65. The molecule has 0 aliphatic carbocycles. The van der Waals surface area contributed by atoms with Crippen LogP contribution in [0.1, 0.15) is 20.8 Å². The van der Waals surface area contributed by atoms with Gasteiger partial charge < -0.3 is 18.9 Å². The van der Waals surface area contributed by atoms with Crippen LogP contribution in [0.3, 0.4) is 0 Å². The number of carbonyl (C=O) groups is 3. The van der Waals surface area contributed by atoms with E-state index < -0.39 is 30.1 Å². The first-order chi connectivity index (χ1) is 8.90. The molecular formula is C12H18O7. The Bertz CT molecular complexity index is 352. The van der Waals surface area contributed by atoms with Crippen LogP contribution in [0.25, 0.3) is 0 Å². The molecule has 0 saturated carbocycles. The third-order valence-electron chi connectivity index (χ3n) is 2.68. The molecule has 0 spiro atoms. The molecule has 1 aliphatic rings. The molecule has 0 aromatic carbocycles. The second-order valence-electron chi connectivity index (χ2n) is 4.29. The van der Waals surface area contributed by atoms with Crippen molar-refractivity contribution in [3.05, 3.63) is 0 Å². The van der Waals surface area contributed by atoms with Crippen LogP contribution in [0.15, 0.2) is 0 Å². The normalized spacial score (nSPS) is 25.7. The largest absolute Gasteiger partial charge is 0.465 e. The van der Waals surface area contributed by atoms with Gasteiger partial charge in [0.15, 0.2) is 0 Å². The molecule has 1 rings (SSSR count). The predicted octanol–water partition coefficient (Wildman–Crippen LogP) is 0.0593. The zero-order valence-electron chi connectivity index (χ0n) is 11.2. The summed E-state index contributed by atoms with van der Waals surface area (Å²) < 4.78 is 20.3. The lowest BCUT2D eigenvalue weighted by Crippen LogP contribution is -2.35. The molecule has 1 saturated heterocycles. The van der Waals surface area contributed by atoms with Gasteiger partial charge in [-0.25, -0.2) is 0 Å². The van der Waals surface area contributed by atoms with Gasteiger partial charge in [-0.05, 0) is 0 Å². The van der Waals surface area contributed by atoms with Gasteiger partial charge in [-0.1, -0.05) is 0 Å². The van der Waals surface area contributed by atoms with Gasteiger partial charge in [-0.15, -0.1) is 0 Å². The van der Waals surface area contributed by atoms with Crippen LogP contribution < -0.4 is 0 Å². The Morgan fingerprint density at radius 1 is 1.00 bits per heavy atom. The van der Waals surface area contributed by atoms with Gasteiger partial charge in [0.1, 0.15) is 25.4 Å². The van der Waals surface area contributed by atoms with Gasteiger partial charge in [0, 0.05) is 20.8 Å². The van der Waals surface area contributed by atoms with Gasteiger partial charge in [0.05, 0.1) is 12.5 Å². The molecule has 7 nitrogen and oxygen atoms in total. The lowest BCUT2D eigenvalue weighted by molar-refractivity contribution is -0.153. The van der Waals surface area contributed by atoms with E-state index in [9.17, 15) is 14.4 Å². The Labute approximate surface area is 111 Å². The first kappa shape index (κ1) is 15.4. The topological polar surface area (TPSA) is 88.1 Å². The molecule has 19 heavy (non-hydrogen) atoms. The lowest BCUT2D eigenvalue weighted by Gasteiger charge is -2.21. The van der Waals surface area contributed by atoms with E-state index in [-0.39, 0.29) is 25.7 Å². The molecule has 0 radical (unpaired) electrons. The van der Waals surface area contributed by atoms with Crippen molar-refractivity contribution in [1.82, 2.24) is 0 Å². The molecule has 0 unspecified atom stereocenters. The second kappa shape index (κ2) is 7.08. The Hall–Kier alpha value is -1.63. The number of hydrogen-bond acceptors (Lipinski definition) is 7. The Kier molecular flexibility index (Phi) is 5.75. The minimum absolute atomic E-state index is 0.0407. The molecule has 0 aromatic rings. The number of esters is 3. The quantitative estimate of drug-likeness (QED) is 0.517. The maximum Gasteiger partial charge on any atom is 0.302 e. The average molecular weight is 274 g/mol. The minimum atomic E-state index is -0.502. The highest BCUT2D eigenvalue weighted by Crippen LogP contribution is 2.25. The van der Waals surface area contributed by atoms with E-state index in [1.807, 2.05) is 0 Å². The molecule has 0 bridgehead atoms. The third kappa shape index (κ3) is 5.25. The van der Waals surface area contributed by atoms with E-state index >= 15 is 0 Å². The molecule has 108 valence electrons. The summed E-state index contributed by atoms with van der Waals surface area (Å²) in [5.74, 6) is -1.63. The Morgan fingerprint density at radius 3 is 2.11 bits per heavy atom. The summed E-state index contributed by atoms with van der Waals surface area (Å²) in [6.07, 6.45) is -0.954. The number of rotatable bonds is 5. The molecule has 0 amide bonds. The van der Waals surface area contributed by atoms with Crippen molar-refractivity contribution in [2.24, 2.45) is 5.92 Å². The van der Waals surface area contributed by atoms with E-state index in [1.54, 1.807) is 0 Å². The Balaban J connectivity index is 2.60. The van der Waals surface area contributed by atoms with E-state index in [1.165, 1.54) is 20.8 Å². The fraction of sp³-hybridized carbons (Fsp3) is 0.750. The highest BCUT2D eigenvalue weighted by Gasteiger charge is 2.40. The van der Waals surface area contributed by atoms with Crippen LogP contribution >= 0.6 is 0 Å². The summed E-state index contributed by atoms with van der Waals surface area (Å²) in [5, 5.41) is 0. The van der Waals surface area contributed by atoms with Crippen LogP contribution in [-0.2, 0) is 33.3 Å². The van der Waals surface area contributed by atoms with Crippen LogP contribution in [0.4, 0.5) is 0 Å². The summed E-state index contributed by atoms with van der Waals surface area (Å²) in [4.78, 5) is 32.6. The lowest BCUT2D eigenvalue weighted by atomic mass is 10.0. The highest BCUT2D eigenvalue weighted by molar-refractivity contribution is 5.67. The minimum Gasteiger partial charge on any atom is -0.465 e. The molecule has 1 aliphatic heterocycles. The predicted molar refractivity (Wildman–Crippen MR) is 62.1 cm³/mol. The number of ether oxygens (including phenoxy) is 4. The highest BCUT2D eigenvalue weighted by atomic mass is 16.6. The van der Waals surface area contributed by atoms with Crippen molar-refractivity contribution >= 4 is 17.9 Å². The van der Waals surface area contributed by atoms with Gasteiger partial charge in [0.2, 0.25) is 0 Å². The molecule has 0 N–H and O–H groups in total. The Morgan fingerprint density at radius 2 is 1.58 bits per heavy atom. The van der Waals surface area contributed by atoms with Crippen molar-refractivity contribution < 1.29 is 33.3 Å². The van der Waals surface area contributed by atoms with Gasteiger partial charge in [-0.2, -0.15) is 0 Å². The van der Waals surface area contributed by atoms with Gasteiger partial charge >= 0.3 is 17.9 Å².